The number of amides is 1. The number of likely N-dealkylation sites (tertiary alicyclic amines) is 1. The quantitative estimate of drug-likeness (QED) is 0.881. The molecule has 2 aromatic carbocycles. The van der Waals surface area contributed by atoms with E-state index in [1.54, 1.807) is 0 Å². The predicted octanol–water partition coefficient (Wildman–Crippen LogP) is 2.64. The average molecular weight is 337 g/mol. The van der Waals surface area contributed by atoms with Gasteiger partial charge in [0.25, 0.3) is 0 Å². The maximum absolute atomic E-state index is 12.8. The minimum Gasteiger partial charge on any atom is -0.340 e. The number of nitrogens with two attached hydrogens (primary N) is 1. The van der Waals surface area contributed by atoms with Crippen LogP contribution in [0.15, 0.2) is 60.7 Å². The Morgan fingerprint density at radius 1 is 1.00 bits per heavy atom. The SMILES string of the molecule is NC1CCCN(C(=O)CN(Cc2ccccc2)Cc2ccccc2)C1. The molecule has 0 spiro atoms. The summed E-state index contributed by atoms with van der Waals surface area (Å²) in [6.45, 7) is 3.47. The van der Waals surface area contributed by atoms with Crippen LogP contribution in [0.1, 0.15) is 24.0 Å². The zero-order valence-electron chi connectivity index (χ0n) is 14.7. The summed E-state index contributed by atoms with van der Waals surface area (Å²) in [5.41, 5.74) is 8.48. The highest BCUT2D eigenvalue weighted by Crippen LogP contribution is 2.13. The highest BCUT2D eigenvalue weighted by molar-refractivity contribution is 5.78. The van der Waals surface area contributed by atoms with Gasteiger partial charge in [0.1, 0.15) is 0 Å². The fraction of sp³-hybridized carbons (Fsp3) is 0.381. The van der Waals surface area contributed by atoms with Gasteiger partial charge in [-0.1, -0.05) is 60.7 Å². The highest BCUT2D eigenvalue weighted by atomic mass is 16.2. The van der Waals surface area contributed by atoms with Crippen LogP contribution in [-0.2, 0) is 17.9 Å². The monoisotopic (exact) mass is 337 g/mol. The molecular formula is C21H27N3O. The molecule has 4 nitrogen and oxygen atoms in total. The van der Waals surface area contributed by atoms with Gasteiger partial charge in [-0.3, -0.25) is 9.69 Å². The van der Waals surface area contributed by atoms with Crippen molar-refractivity contribution in [2.75, 3.05) is 19.6 Å². The van der Waals surface area contributed by atoms with Gasteiger partial charge in [-0.2, -0.15) is 0 Å². The lowest BCUT2D eigenvalue weighted by atomic mass is 10.1. The second kappa shape index (κ2) is 8.79. The number of hydrogen-bond acceptors (Lipinski definition) is 3. The molecule has 3 rings (SSSR count). The van der Waals surface area contributed by atoms with Crippen LogP contribution < -0.4 is 5.73 Å². The Morgan fingerprint density at radius 2 is 1.56 bits per heavy atom. The Balaban J connectivity index is 1.67. The van der Waals surface area contributed by atoms with Gasteiger partial charge in [0.15, 0.2) is 0 Å². The Bertz CT molecular complexity index is 618. The Hall–Kier alpha value is -2.17. The van der Waals surface area contributed by atoms with Gasteiger partial charge in [-0.25, -0.2) is 0 Å². The molecule has 1 aliphatic heterocycles. The largest absolute Gasteiger partial charge is 0.340 e. The van der Waals surface area contributed by atoms with Crippen molar-refractivity contribution in [2.24, 2.45) is 5.73 Å². The summed E-state index contributed by atoms with van der Waals surface area (Å²) >= 11 is 0. The first-order chi connectivity index (χ1) is 12.2. The zero-order chi connectivity index (χ0) is 17.5. The van der Waals surface area contributed by atoms with Gasteiger partial charge in [0.2, 0.25) is 5.91 Å². The standard InChI is InChI=1S/C21H27N3O/c22-20-12-7-13-24(16-20)21(25)17-23(14-18-8-3-1-4-9-18)15-19-10-5-2-6-11-19/h1-6,8-11,20H,7,12-17,22H2. The molecular weight excluding hydrogens is 310 g/mol. The van der Waals surface area contributed by atoms with E-state index in [-0.39, 0.29) is 11.9 Å². The average Bonchev–Trinajstić information content (AvgIpc) is 2.63. The zero-order valence-corrected chi connectivity index (χ0v) is 14.7. The number of rotatable bonds is 6. The molecule has 0 aromatic heterocycles. The summed E-state index contributed by atoms with van der Waals surface area (Å²) < 4.78 is 0. The molecule has 1 fully saturated rings. The number of hydrogen-bond donors (Lipinski definition) is 1. The van der Waals surface area contributed by atoms with Crippen molar-refractivity contribution in [3.05, 3.63) is 71.8 Å². The fourth-order valence-corrected chi connectivity index (χ4v) is 3.38. The summed E-state index contributed by atoms with van der Waals surface area (Å²) in [6, 6.07) is 20.8. The summed E-state index contributed by atoms with van der Waals surface area (Å²) in [4.78, 5) is 16.9. The van der Waals surface area contributed by atoms with Crippen molar-refractivity contribution in [3.8, 4) is 0 Å². The molecule has 0 radical (unpaired) electrons. The van der Waals surface area contributed by atoms with E-state index in [0.717, 1.165) is 32.5 Å². The molecule has 0 aliphatic carbocycles. The first kappa shape index (κ1) is 17.6. The van der Waals surface area contributed by atoms with E-state index >= 15 is 0 Å². The van der Waals surface area contributed by atoms with E-state index in [9.17, 15) is 4.79 Å². The molecule has 132 valence electrons. The first-order valence-corrected chi connectivity index (χ1v) is 9.04. The second-order valence-electron chi connectivity index (χ2n) is 6.86. The molecule has 1 heterocycles. The molecule has 4 heteroatoms. The van der Waals surface area contributed by atoms with Gasteiger partial charge < -0.3 is 10.6 Å². The van der Waals surface area contributed by atoms with Crippen molar-refractivity contribution >= 4 is 5.91 Å². The van der Waals surface area contributed by atoms with Crippen molar-refractivity contribution in [1.82, 2.24) is 9.80 Å². The molecule has 1 aliphatic rings. The fourth-order valence-electron chi connectivity index (χ4n) is 3.38. The van der Waals surface area contributed by atoms with Gasteiger partial charge in [-0.15, -0.1) is 0 Å². The van der Waals surface area contributed by atoms with Gasteiger partial charge in [0, 0.05) is 32.2 Å². The summed E-state index contributed by atoms with van der Waals surface area (Å²) in [6.07, 6.45) is 2.02. The van der Waals surface area contributed by atoms with Crippen molar-refractivity contribution < 1.29 is 4.79 Å². The number of nitrogens with zero attached hydrogens (tertiary/aromatic N) is 2. The van der Waals surface area contributed by atoms with E-state index in [2.05, 4.69) is 29.2 Å². The van der Waals surface area contributed by atoms with Gasteiger partial charge in [-0.05, 0) is 24.0 Å². The topological polar surface area (TPSA) is 49.6 Å². The smallest absolute Gasteiger partial charge is 0.236 e. The number of carbonyl (C=O) groups is 1. The van der Waals surface area contributed by atoms with E-state index in [1.807, 2.05) is 41.3 Å². The van der Waals surface area contributed by atoms with E-state index in [1.165, 1.54) is 11.1 Å². The lowest BCUT2D eigenvalue weighted by Gasteiger charge is -2.33. The van der Waals surface area contributed by atoms with E-state index in [4.69, 9.17) is 5.73 Å². The maximum Gasteiger partial charge on any atom is 0.236 e. The molecule has 0 saturated carbocycles. The van der Waals surface area contributed by atoms with Crippen LogP contribution in [0, 0.1) is 0 Å². The third-order valence-electron chi connectivity index (χ3n) is 4.67. The molecule has 1 atom stereocenters. The Labute approximate surface area is 150 Å². The van der Waals surface area contributed by atoms with Crippen LogP contribution in [0.2, 0.25) is 0 Å². The van der Waals surface area contributed by atoms with Crippen molar-refractivity contribution in [3.63, 3.8) is 0 Å². The summed E-state index contributed by atoms with van der Waals surface area (Å²) in [5, 5.41) is 0. The molecule has 2 N–H and O–H groups in total. The Kier molecular flexibility index (Phi) is 6.20. The molecule has 25 heavy (non-hydrogen) atoms. The molecule has 1 unspecified atom stereocenters. The van der Waals surface area contributed by atoms with Crippen LogP contribution in [0.3, 0.4) is 0 Å². The number of carbonyl (C=O) groups excluding carboxylic acids is 1. The van der Waals surface area contributed by atoms with Gasteiger partial charge in [0.05, 0.1) is 6.54 Å². The summed E-state index contributed by atoms with van der Waals surface area (Å²) in [7, 11) is 0. The van der Waals surface area contributed by atoms with Gasteiger partial charge >= 0.3 is 0 Å². The van der Waals surface area contributed by atoms with Crippen molar-refractivity contribution in [1.29, 1.82) is 0 Å². The second-order valence-corrected chi connectivity index (χ2v) is 6.86. The third-order valence-corrected chi connectivity index (χ3v) is 4.67. The van der Waals surface area contributed by atoms with Crippen molar-refractivity contribution in [2.45, 2.75) is 32.0 Å². The highest BCUT2D eigenvalue weighted by Gasteiger charge is 2.23. The van der Waals surface area contributed by atoms with Crippen LogP contribution in [0.4, 0.5) is 0 Å². The van der Waals surface area contributed by atoms with Crippen LogP contribution >= 0.6 is 0 Å². The summed E-state index contributed by atoms with van der Waals surface area (Å²) in [5.74, 6) is 0.182. The van der Waals surface area contributed by atoms with E-state index < -0.39 is 0 Å². The molecule has 1 amide bonds. The molecule has 2 aromatic rings. The minimum atomic E-state index is 0.120. The normalized spacial score (nSPS) is 17.7. The third kappa shape index (κ3) is 5.41. The number of benzene rings is 2. The number of piperidine rings is 1. The van der Waals surface area contributed by atoms with Crippen LogP contribution in [0.25, 0.3) is 0 Å². The molecule has 1 saturated heterocycles. The minimum absolute atomic E-state index is 0.120. The van der Waals surface area contributed by atoms with Crippen LogP contribution in [-0.4, -0.2) is 41.4 Å². The van der Waals surface area contributed by atoms with E-state index in [0.29, 0.717) is 13.1 Å². The Morgan fingerprint density at radius 3 is 2.08 bits per heavy atom. The lowest BCUT2D eigenvalue weighted by Crippen LogP contribution is -2.48. The molecule has 0 bridgehead atoms. The lowest BCUT2D eigenvalue weighted by molar-refractivity contribution is -0.133. The maximum atomic E-state index is 12.8. The predicted molar refractivity (Wildman–Crippen MR) is 101 cm³/mol. The van der Waals surface area contributed by atoms with Crippen LogP contribution in [0.5, 0.6) is 0 Å². The first-order valence-electron chi connectivity index (χ1n) is 9.04.